The van der Waals surface area contributed by atoms with E-state index in [1.54, 1.807) is 12.1 Å². The van der Waals surface area contributed by atoms with Crippen molar-refractivity contribution in [3.63, 3.8) is 0 Å². The molecular weight excluding hydrogens is 294 g/mol. The molecule has 0 radical (unpaired) electrons. The Morgan fingerprint density at radius 3 is 2.43 bits per heavy atom. The van der Waals surface area contributed by atoms with E-state index in [1.165, 1.54) is 7.11 Å². The van der Waals surface area contributed by atoms with Crippen LogP contribution in [0, 0.1) is 6.92 Å². The Hall–Kier alpha value is -2.04. The van der Waals surface area contributed by atoms with E-state index in [4.69, 9.17) is 4.74 Å². The first-order chi connectivity index (χ1) is 11.0. The lowest BCUT2D eigenvalue weighted by Gasteiger charge is -2.23. The van der Waals surface area contributed by atoms with E-state index in [-0.39, 0.29) is 12.3 Å². The van der Waals surface area contributed by atoms with Gasteiger partial charge in [0.05, 0.1) is 13.0 Å². The van der Waals surface area contributed by atoms with E-state index in [1.807, 2.05) is 17.9 Å². The summed E-state index contributed by atoms with van der Waals surface area (Å²) in [4.78, 5) is 26.1. The topological polar surface area (TPSA) is 66.8 Å². The van der Waals surface area contributed by atoms with Crippen LogP contribution in [0.25, 0.3) is 0 Å². The monoisotopic (exact) mass is 319 g/mol. The van der Waals surface area contributed by atoms with E-state index >= 15 is 0 Å². The van der Waals surface area contributed by atoms with Gasteiger partial charge in [-0.25, -0.2) is 0 Å². The molecule has 2 rings (SSSR count). The largest absolute Gasteiger partial charge is 0.496 e. The van der Waals surface area contributed by atoms with Gasteiger partial charge in [-0.3, -0.25) is 9.59 Å². The van der Waals surface area contributed by atoms with Gasteiger partial charge < -0.3 is 14.7 Å². The number of benzene rings is 1. The highest BCUT2D eigenvalue weighted by molar-refractivity contribution is 5.86. The lowest BCUT2D eigenvalue weighted by atomic mass is 9.93. The maximum atomic E-state index is 12.5. The van der Waals surface area contributed by atoms with Crippen LogP contribution in [0.4, 0.5) is 0 Å². The van der Waals surface area contributed by atoms with Gasteiger partial charge >= 0.3 is 5.97 Å². The van der Waals surface area contributed by atoms with E-state index in [9.17, 15) is 14.7 Å². The number of hydrogen-bond acceptors (Lipinski definition) is 3. The summed E-state index contributed by atoms with van der Waals surface area (Å²) in [6.45, 7) is 3.37. The molecule has 1 fully saturated rings. The summed E-state index contributed by atoms with van der Waals surface area (Å²) in [5.41, 5.74) is 1.53. The molecule has 0 saturated carbocycles. The number of aryl methyl sites for hydroxylation is 1. The second kappa shape index (κ2) is 7.99. The van der Waals surface area contributed by atoms with Gasteiger partial charge in [-0.05, 0) is 25.8 Å². The van der Waals surface area contributed by atoms with Crippen molar-refractivity contribution in [3.05, 3.63) is 29.3 Å². The van der Waals surface area contributed by atoms with Crippen molar-refractivity contribution in [2.24, 2.45) is 0 Å². The number of carbonyl (C=O) groups excluding carboxylic acids is 1. The quantitative estimate of drug-likeness (QED) is 0.906. The van der Waals surface area contributed by atoms with Crippen molar-refractivity contribution >= 4 is 11.9 Å². The van der Waals surface area contributed by atoms with Crippen LogP contribution in [0.15, 0.2) is 18.2 Å². The number of carboxylic acids is 1. The Kier molecular flexibility index (Phi) is 6.02. The van der Waals surface area contributed by atoms with Crippen molar-refractivity contribution in [3.8, 4) is 5.75 Å². The highest BCUT2D eigenvalue weighted by Gasteiger charge is 2.28. The SMILES string of the molecule is COc1ccc(C)cc1C(CC(=O)N1CCCCCC1)C(=O)O. The summed E-state index contributed by atoms with van der Waals surface area (Å²) in [5, 5.41) is 9.61. The minimum absolute atomic E-state index is 0.0187. The Morgan fingerprint density at radius 2 is 1.87 bits per heavy atom. The highest BCUT2D eigenvalue weighted by atomic mass is 16.5. The van der Waals surface area contributed by atoms with Crippen LogP contribution in [0.3, 0.4) is 0 Å². The van der Waals surface area contributed by atoms with Crippen molar-refractivity contribution < 1.29 is 19.4 Å². The molecule has 0 aliphatic carbocycles. The highest BCUT2D eigenvalue weighted by Crippen LogP contribution is 2.31. The van der Waals surface area contributed by atoms with Crippen LogP contribution < -0.4 is 4.74 Å². The molecule has 1 heterocycles. The Bertz CT molecular complexity index is 562. The van der Waals surface area contributed by atoms with Gasteiger partial charge in [-0.15, -0.1) is 0 Å². The Labute approximate surface area is 137 Å². The van der Waals surface area contributed by atoms with E-state index in [2.05, 4.69) is 0 Å². The molecule has 1 unspecified atom stereocenters. The summed E-state index contributed by atoms with van der Waals surface area (Å²) in [6.07, 6.45) is 4.25. The van der Waals surface area contributed by atoms with Gasteiger partial charge in [-0.1, -0.05) is 30.5 Å². The standard InChI is InChI=1S/C18H25NO4/c1-13-7-8-16(23-2)14(11-13)15(18(21)22)12-17(20)19-9-5-3-4-6-10-19/h7-8,11,15H,3-6,9-10,12H2,1-2H3,(H,21,22). The first kappa shape index (κ1) is 17.3. The van der Waals surface area contributed by atoms with Crippen LogP contribution in [0.2, 0.25) is 0 Å². The van der Waals surface area contributed by atoms with Crippen molar-refractivity contribution in [2.75, 3.05) is 20.2 Å². The molecule has 1 amide bonds. The number of rotatable bonds is 5. The molecule has 1 aromatic carbocycles. The fraction of sp³-hybridized carbons (Fsp3) is 0.556. The molecule has 1 atom stereocenters. The number of hydrogen-bond donors (Lipinski definition) is 1. The molecule has 1 aromatic rings. The molecule has 23 heavy (non-hydrogen) atoms. The Balaban J connectivity index is 2.20. The van der Waals surface area contributed by atoms with Crippen molar-refractivity contribution in [2.45, 2.75) is 44.9 Å². The number of aliphatic carboxylic acids is 1. The van der Waals surface area contributed by atoms with Gasteiger partial charge in [0.2, 0.25) is 5.91 Å². The summed E-state index contributed by atoms with van der Waals surface area (Å²) in [7, 11) is 1.52. The van der Waals surface area contributed by atoms with Gasteiger partial charge in [-0.2, -0.15) is 0 Å². The first-order valence-electron chi connectivity index (χ1n) is 8.18. The zero-order valence-corrected chi connectivity index (χ0v) is 13.9. The maximum absolute atomic E-state index is 12.5. The maximum Gasteiger partial charge on any atom is 0.311 e. The lowest BCUT2D eigenvalue weighted by Crippen LogP contribution is -2.34. The Morgan fingerprint density at radius 1 is 1.22 bits per heavy atom. The third-order valence-corrected chi connectivity index (χ3v) is 4.40. The zero-order valence-electron chi connectivity index (χ0n) is 13.9. The van der Waals surface area contributed by atoms with Crippen LogP contribution in [-0.2, 0) is 9.59 Å². The molecule has 1 aliphatic heterocycles. The number of carboxylic acid groups (broad SMARTS) is 1. The molecule has 0 bridgehead atoms. The number of likely N-dealkylation sites (tertiary alicyclic amines) is 1. The minimum Gasteiger partial charge on any atom is -0.496 e. The smallest absolute Gasteiger partial charge is 0.311 e. The molecule has 0 spiro atoms. The summed E-state index contributed by atoms with van der Waals surface area (Å²) in [6, 6.07) is 5.43. The summed E-state index contributed by atoms with van der Waals surface area (Å²) < 4.78 is 5.29. The number of ether oxygens (including phenoxy) is 1. The normalized spacial score (nSPS) is 16.5. The number of amides is 1. The average molecular weight is 319 g/mol. The number of nitrogens with zero attached hydrogens (tertiary/aromatic N) is 1. The van der Waals surface area contributed by atoms with Crippen molar-refractivity contribution in [1.29, 1.82) is 0 Å². The fourth-order valence-electron chi connectivity index (χ4n) is 3.08. The van der Waals surface area contributed by atoms with E-state index < -0.39 is 11.9 Å². The van der Waals surface area contributed by atoms with Crippen LogP contribution in [0.5, 0.6) is 5.75 Å². The molecule has 126 valence electrons. The summed E-state index contributed by atoms with van der Waals surface area (Å²) >= 11 is 0. The molecule has 5 heteroatoms. The van der Waals surface area contributed by atoms with Gasteiger partial charge in [0, 0.05) is 25.1 Å². The minimum atomic E-state index is -0.989. The molecule has 5 nitrogen and oxygen atoms in total. The fourth-order valence-corrected chi connectivity index (χ4v) is 3.08. The van der Waals surface area contributed by atoms with Crippen LogP contribution in [0.1, 0.15) is 49.1 Å². The number of methoxy groups -OCH3 is 1. The average Bonchev–Trinajstić information content (AvgIpc) is 2.81. The molecule has 1 saturated heterocycles. The molecule has 1 N–H and O–H groups in total. The summed E-state index contributed by atoms with van der Waals surface area (Å²) in [5.74, 6) is -1.42. The number of carbonyl (C=O) groups is 2. The zero-order chi connectivity index (χ0) is 16.8. The second-order valence-electron chi connectivity index (χ2n) is 6.14. The first-order valence-corrected chi connectivity index (χ1v) is 8.18. The van der Waals surface area contributed by atoms with Crippen LogP contribution in [-0.4, -0.2) is 42.1 Å². The van der Waals surface area contributed by atoms with Gasteiger partial charge in [0.1, 0.15) is 5.75 Å². The third-order valence-electron chi connectivity index (χ3n) is 4.40. The van der Waals surface area contributed by atoms with Crippen LogP contribution >= 0.6 is 0 Å². The van der Waals surface area contributed by atoms with E-state index in [0.29, 0.717) is 11.3 Å². The molecular formula is C18H25NO4. The lowest BCUT2D eigenvalue weighted by molar-refractivity contribution is -0.142. The molecule has 0 aromatic heterocycles. The predicted octanol–water partition coefficient (Wildman–Crippen LogP) is 2.96. The van der Waals surface area contributed by atoms with Gasteiger partial charge in [0.25, 0.3) is 0 Å². The predicted molar refractivity (Wildman–Crippen MR) is 87.8 cm³/mol. The van der Waals surface area contributed by atoms with E-state index in [0.717, 1.165) is 44.3 Å². The second-order valence-corrected chi connectivity index (χ2v) is 6.14. The third kappa shape index (κ3) is 4.47. The molecule has 1 aliphatic rings. The van der Waals surface area contributed by atoms with Crippen molar-refractivity contribution in [1.82, 2.24) is 4.90 Å². The van der Waals surface area contributed by atoms with Gasteiger partial charge in [0.15, 0.2) is 0 Å².